The summed E-state index contributed by atoms with van der Waals surface area (Å²) in [6.07, 6.45) is 7.62. The van der Waals surface area contributed by atoms with E-state index in [2.05, 4.69) is 26.3 Å². The molecule has 2 aromatic rings. The van der Waals surface area contributed by atoms with Crippen LogP contribution in [0.25, 0.3) is 0 Å². The standard InChI is InChI=1S/C16H20N4OS/c1-21-15-7-6-11(10-18-15)9-17-14-8-13(12-4-3-5-12)19-16(20-14)22-2/h6-8,10,12H,3-5,9H2,1-2H3,(H,17,19,20). The summed E-state index contributed by atoms with van der Waals surface area (Å²) in [6.45, 7) is 0.686. The molecule has 0 amide bonds. The van der Waals surface area contributed by atoms with Gasteiger partial charge >= 0.3 is 0 Å². The maximum absolute atomic E-state index is 5.07. The average Bonchev–Trinajstić information content (AvgIpc) is 2.51. The average molecular weight is 316 g/mol. The maximum Gasteiger partial charge on any atom is 0.212 e. The summed E-state index contributed by atoms with van der Waals surface area (Å²) >= 11 is 1.58. The first-order chi connectivity index (χ1) is 10.8. The number of anilines is 1. The van der Waals surface area contributed by atoms with Crippen LogP contribution in [0.15, 0.2) is 29.6 Å². The molecule has 3 rings (SSSR count). The number of pyridine rings is 1. The van der Waals surface area contributed by atoms with Gasteiger partial charge in [0.25, 0.3) is 0 Å². The van der Waals surface area contributed by atoms with Crippen LogP contribution in [-0.4, -0.2) is 28.3 Å². The van der Waals surface area contributed by atoms with Crippen molar-refractivity contribution < 1.29 is 4.74 Å². The molecule has 2 aromatic heterocycles. The normalized spacial score (nSPS) is 14.5. The number of methoxy groups -OCH3 is 1. The first kappa shape index (κ1) is 15.1. The summed E-state index contributed by atoms with van der Waals surface area (Å²) in [7, 11) is 1.62. The van der Waals surface area contributed by atoms with E-state index in [0.717, 1.165) is 16.5 Å². The zero-order valence-electron chi connectivity index (χ0n) is 12.9. The number of nitrogens with zero attached hydrogens (tertiary/aromatic N) is 3. The number of ether oxygens (including phenoxy) is 1. The highest BCUT2D eigenvalue weighted by Gasteiger charge is 2.22. The minimum Gasteiger partial charge on any atom is -0.481 e. The molecule has 0 aromatic carbocycles. The smallest absolute Gasteiger partial charge is 0.212 e. The van der Waals surface area contributed by atoms with Gasteiger partial charge in [-0.05, 0) is 24.7 Å². The number of hydrogen-bond donors (Lipinski definition) is 1. The molecule has 116 valence electrons. The summed E-state index contributed by atoms with van der Waals surface area (Å²) in [6, 6.07) is 5.95. The Bertz CT molecular complexity index is 629. The zero-order valence-corrected chi connectivity index (χ0v) is 13.7. The second-order valence-corrected chi connectivity index (χ2v) is 6.13. The van der Waals surface area contributed by atoms with Gasteiger partial charge in [0.2, 0.25) is 5.88 Å². The maximum atomic E-state index is 5.07. The Labute approximate surface area is 134 Å². The molecule has 1 aliphatic carbocycles. The Morgan fingerprint density at radius 2 is 2.18 bits per heavy atom. The third-order valence-corrected chi connectivity index (χ3v) is 4.46. The van der Waals surface area contributed by atoms with Crippen molar-refractivity contribution in [1.82, 2.24) is 15.0 Å². The van der Waals surface area contributed by atoms with Crippen molar-refractivity contribution in [1.29, 1.82) is 0 Å². The van der Waals surface area contributed by atoms with E-state index >= 15 is 0 Å². The summed E-state index contributed by atoms with van der Waals surface area (Å²) in [5.74, 6) is 2.12. The van der Waals surface area contributed by atoms with Crippen LogP contribution in [0.1, 0.15) is 36.4 Å². The van der Waals surface area contributed by atoms with Gasteiger partial charge in [-0.1, -0.05) is 24.2 Å². The second kappa shape index (κ2) is 6.96. The lowest BCUT2D eigenvalue weighted by Crippen LogP contribution is -2.13. The van der Waals surface area contributed by atoms with Gasteiger partial charge in [-0.25, -0.2) is 15.0 Å². The van der Waals surface area contributed by atoms with Crippen molar-refractivity contribution in [3.63, 3.8) is 0 Å². The predicted octanol–water partition coefficient (Wildman–Crippen LogP) is 3.48. The molecular weight excluding hydrogens is 296 g/mol. The first-order valence-electron chi connectivity index (χ1n) is 7.44. The number of hydrogen-bond acceptors (Lipinski definition) is 6. The van der Waals surface area contributed by atoms with E-state index in [-0.39, 0.29) is 0 Å². The lowest BCUT2D eigenvalue weighted by Gasteiger charge is -2.25. The van der Waals surface area contributed by atoms with Gasteiger partial charge in [0, 0.05) is 30.8 Å². The molecule has 5 nitrogen and oxygen atoms in total. The number of rotatable bonds is 6. The molecule has 0 aliphatic heterocycles. The lowest BCUT2D eigenvalue weighted by atomic mass is 9.83. The van der Waals surface area contributed by atoms with Crippen molar-refractivity contribution in [3.05, 3.63) is 35.7 Å². The molecule has 1 N–H and O–H groups in total. The Morgan fingerprint density at radius 3 is 2.77 bits per heavy atom. The van der Waals surface area contributed by atoms with Crippen molar-refractivity contribution in [3.8, 4) is 5.88 Å². The number of thioether (sulfide) groups is 1. The van der Waals surface area contributed by atoms with E-state index < -0.39 is 0 Å². The van der Waals surface area contributed by atoms with Gasteiger partial charge in [0.15, 0.2) is 5.16 Å². The van der Waals surface area contributed by atoms with Gasteiger partial charge in [0.05, 0.1) is 12.8 Å². The molecule has 1 saturated carbocycles. The molecule has 6 heteroatoms. The molecule has 0 atom stereocenters. The fourth-order valence-corrected chi connectivity index (χ4v) is 2.75. The zero-order chi connectivity index (χ0) is 15.4. The molecule has 0 spiro atoms. The predicted molar refractivity (Wildman–Crippen MR) is 88.5 cm³/mol. The topological polar surface area (TPSA) is 59.9 Å². The van der Waals surface area contributed by atoms with Crippen molar-refractivity contribution >= 4 is 17.6 Å². The van der Waals surface area contributed by atoms with Gasteiger partial charge in [-0.2, -0.15) is 0 Å². The molecular formula is C16H20N4OS. The number of nitrogens with one attached hydrogen (secondary N) is 1. The highest BCUT2D eigenvalue weighted by Crippen LogP contribution is 2.36. The van der Waals surface area contributed by atoms with Crippen LogP contribution in [0, 0.1) is 0 Å². The third kappa shape index (κ3) is 3.50. The quantitative estimate of drug-likeness (QED) is 0.650. The summed E-state index contributed by atoms with van der Waals surface area (Å²) in [5, 5.41) is 4.20. The van der Waals surface area contributed by atoms with Crippen LogP contribution in [0.5, 0.6) is 5.88 Å². The van der Waals surface area contributed by atoms with Gasteiger partial charge in [-0.15, -0.1) is 0 Å². The monoisotopic (exact) mass is 316 g/mol. The Balaban J connectivity index is 1.70. The van der Waals surface area contributed by atoms with Gasteiger partial charge in [0.1, 0.15) is 5.82 Å². The molecule has 1 aliphatic rings. The molecule has 1 fully saturated rings. The van der Waals surface area contributed by atoms with Crippen molar-refractivity contribution in [2.24, 2.45) is 0 Å². The fourth-order valence-electron chi connectivity index (χ4n) is 2.37. The Kier molecular flexibility index (Phi) is 4.77. The van der Waals surface area contributed by atoms with Gasteiger partial charge < -0.3 is 10.1 Å². The molecule has 0 bridgehead atoms. The van der Waals surface area contributed by atoms with Crippen LogP contribution in [0.2, 0.25) is 0 Å². The highest BCUT2D eigenvalue weighted by molar-refractivity contribution is 7.98. The molecule has 0 unspecified atom stereocenters. The van der Waals surface area contributed by atoms with E-state index in [9.17, 15) is 0 Å². The van der Waals surface area contributed by atoms with E-state index in [1.165, 1.54) is 25.0 Å². The Hall–Kier alpha value is -1.82. The molecule has 0 radical (unpaired) electrons. The SMILES string of the molecule is COc1ccc(CNc2cc(C3CCC3)nc(SC)n2)cn1. The lowest BCUT2D eigenvalue weighted by molar-refractivity contribution is 0.397. The molecule has 0 saturated heterocycles. The largest absolute Gasteiger partial charge is 0.481 e. The van der Waals surface area contributed by atoms with E-state index in [0.29, 0.717) is 18.3 Å². The molecule has 2 heterocycles. The highest BCUT2D eigenvalue weighted by atomic mass is 32.2. The molecule has 22 heavy (non-hydrogen) atoms. The fraction of sp³-hybridized carbons (Fsp3) is 0.438. The van der Waals surface area contributed by atoms with E-state index in [4.69, 9.17) is 4.74 Å². The summed E-state index contributed by atoms with van der Waals surface area (Å²) < 4.78 is 5.07. The van der Waals surface area contributed by atoms with Crippen LogP contribution < -0.4 is 10.1 Å². The summed E-state index contributed by atoms with van der Waals surface area (Å²) in [5.41, 5.74) is 2.26. The Morgan fingerprint density at radius 1 is 1.32 bits per heavy atom. The van der Waals surface area contributed by atoms with Crippen molar-refractivity contribution in [2.45, 2.75) is 36.9 Å². The van der Waals surface area contributed by atoms with Crippen LogP contribution in [0.3, 0.4) is 0 Å². The summed E-state index contributed by atoms with van der Waals surface area (Å²) in [4.78, 5) is 13.4. The second-order valence-electron chi connectivity index (χ2n) is 5.35. The van der Waals surface area contributed by atoms with Crippen LogP contribution in [-0.2, 0) is 6.54 Å². The van der Waals surface area contributed by atoms with Crippen molar-refractivity contribution in [2.75, 3.05) is 18.7 Å². The first-order valence-corrected chi connectivity index (χ1v) is 8.66. The van der Waals surface area contributed by atoms with E-state index in [1.54, 1.807) is 18.9 Å². The van der Waals surface area contributed by atoms with E-state index in [1.807, 2.05) is 24.6 Å². The van der Waals surface area contributed by atoms with Crippen LogP contribution >= 0.6 is 11.8 Å². The minimum atomic E-state index is 0.608. The third-order valence-electron chi connectivity index (χ3n) is 3.91. The minimum absolute atomic E-state index is 0.608. The van der Waals surface area contributed by atoms with Crippen LogP contribution in [0.4, 0.5) is 5.82 Å². The van der Waals surface area contributed by atoms with Gasteiger partial charge in [-0.3, -0.25) is 0 Å². The number of aromatic nitrogens is 3.